The number of pyridine rings is 1. The molecule has 0 spiro atoms. The van der Waals surface area contributed by atoms with Gasteiger partial charge in [-0.15, -0.1) is 0 Å². The van der Waals surface area contributed by atoms with E-state index in [-0.39, 0.29) is 0 Å². The molecule has 0 aliphatic carbocycles. The lowest BCUT2D eigenvalue weighted by Crippen LogP contribution is -2.04. The zero-order valence-corrected chi connectivity index (χ0v) is 9.22. The summed E-state index contributed by atoms with van der Waals surface area (Å²) in [5.74, 6) is 0.657. The zero-order chi connectivity index (χ0) is 11.4. The summed E-state index contributed by atoms with van der Waals surface area (Å²) in [7, 11) is 0. The first-order valence-corrected chi connectivity index (χ1v) is 5.24. The molecule has 0 radical (unpaired) electrons. The average Bonchev–Trinajstić information content (AvgIpc) is 2.30. The largest absolute Gasteiger partial charge is 0.330 e. The molecule has 0 bridgehead atoms. The maximum atomic E-state index is 5.46. The lowest BCUT2D eigenvalue weighted by molar-refractivity contribution is 0.941. The average molecular weight is 214 g/mol. The molecule has 0 aliphatic heterocycles. The monoisotopic (exact) mass is 214 g/mol. The highest BCUT2D eigenvalue weighted by Gasteiger charge is 2.02. The molecular weight excluding hydrogens is 200 g/mol. The van der Waals surface area contributed by atoms with Gasteiger partial charge in [0.15, 0.2) is 5.82 Å². The van der Waals surface area contributed by atoms with Crippen LogP contribution in [-0.2, 0) is 6.42 Å². The SMILES string of the molecule is Cc1cccc(-c2ncc(CCN)cn2)n1. The first-order valence-electron chi connectivity index (χ1n) is 5.24. The Morgan fingerprint density at radius 2 is 1.94 bits per heavy atom. The molecule has 2 aromatic rings. The quantitative estimate of drug-likeness (QED) is 0.837. The van der Waals surface area contributed by atoms with Gasteiger partial charge in [0, 0.05) is 18.1 Å². The fraction of sp³-hybridized carbons (Fsp3) is 0.250. The van der Waals surface area contributed by atoms with Crippen LogP contribution in [0.5, 0.6) is 0 Å². The minimum Gasteiger partial charge on any atom is -0.330 e. The van der Waals surface area contributed by atoms with Crippen LogP contribution in [0, 0.1) is 6.92 Å². The summed E-state index contributed by atoms with van der Waals surface area (Å²) in [6.45, 7) is 2.57. The van der Waals surface area contributed by atoms with E-state index in [4.69, 9.17) is 5.73 Å². The van der Waals surface area contributed by atoms with Gasteiger partial charge in [-0.25, -0.2) is 15.0 Å². The third-order valence-electron chi connectivity index (χ3n) is 2.26. The molecule has 4 heteroatoms. The van der Waals surface area contributed by atoms with Crippen molar-refractivity contribution in [2.45, 2.75) is 13.3 Å². The number of aromatic nitrogens is 3. The molecule has 0 saturated carbocycles. The van der Waals surface area contributed by atoms with Crippen molar-refractivity contribution in [3.05, 3.63) is 41.9 Å². The highest BCUT2D eigenvalue weighted by molar-refractivity contribution is 5.48. The molecule has 2 N–H and O–H groups in total. The molecular formula is C12H14N4. The first-order chi connectivity index (χ1) is 7.79. The molecule has 4 nitrogen and oxygen atoms in total. The highest BCUT2D eigenvalue weighted by atomic mass is 14.9. The van der Waals surface area contributed by atoms with Crippen LogP contribution < -0.4 is 5.73 Å². The molecule has 0 amide bonds. The van der Waals surface area contributed by atoms with Crippen molar-refractivity contribution in [3.8, 4) is 11.5 Å². The highest BCUT2D eigenvalue weighted by Crippen LogP contribution is 2.11. The van der Waals surface area contributed by atoms with E-state index < -0.39 is 0 Å². The molecule has 0 atom stereocenters. The maximum Gasteiger partial charge on any atom is 0.178 e. The lowest BCUT2D eigenvalue weighted by atomic mass is 10.2. The van der Waals surface area contributed by atoms with E-state index in [2.05, 4.69) is 15.0 Å². The van der Waals surface area contributed by atoms with Crippen LogP contribution in [0.4, 0.5) is 0 Å². The van der Waals surface area contributed by atoms with Gasteiger partial charge in [0.1, 0.15) is 5.69 Å². The second-order valence-corrected chi connectivity index (χ2v) is 3.62. The smallest absolute Gasteiger partial charge is 0.178 e. The Bertz CT molecular complexity index is 465. The third kappa shape index (κ3) is 2.41. The third-order valence-corrected chi connectivity index (χ3v) is 2.26. The molecule has 16 heavy (non-hydrogen) atoms. The van der Waals surface area contributed by atoms with E-state index in [0.29, 0.717) is 12.4 Å². The molecule has 0 unspecified atom stereocenters. The summed E-state index contributed by atoms with van der Waals surface area (Å²) in [6.07, 6.45) is 4.42. The Morgan fingerprint density at radius 1 is 1.19 bits per heavy atom. The van der Waals surface area contributed by atoms with E-state index in [9.17, 15) is 0 Å². The van der Waals surface area contributed by atoms with Gasteiger partial charge in [-0.2, -0.15) is 0 Å². The number of aryl methyl sites for hydroxylation is 1. The van der Waals surface area contributed by atoms with E-state index in [0.717, 1.165) is 23.4 Å². The predicted octanol–water partition coefficient (Wildman–Crippen LogP) is 1.35. The van der Waals surface area contributed by atoms with Crippen LogP contribution in [-0.4, -0.2) is 21.5 Å². The molecule has 82 valence electrons. The minimum absolute atomic E-state index is 0.616. The number of rotatable bonds is 3. The fourth-order valence-electron chi connectivity index (χ4n) is 1.45. The van der Waals surface area contributed by atoms with Crippen molar-refractivity contribution in [1.29, 1.82) is 0 Å². The van der Waals surface area contributed by atoms with Crippen molar-refractivity contribution in [1.82, 2.24) is 15.0 Å². The molecule has 2 heterocycles. The molecule has 0 saturated heterocycles. The van der Waals surface area contributed by atoms with Crippen LogP contribution in [0.2, 0.25) is 0 Å². The van der Waals surface area contributed by atoms with Crippen molar-refractivity contribution in [2.24, 2.45) is 5.73 Å². The summed E-state index contributed by atoms with van der Waals surface area (Å²) < 4.78 is 0. The molecule has 0 fully saturated rings. The van der Waals surface area contributed by atoms with E-state index >= 15 is 0 Å². The zero-order valence-electron chi connectivity index (χ0n) is 9.22. The first kappa shape index (κ1) is 10.7. The van der Waals surface area contributed by atoms with Gasteiger partial charge >= 0.3 is 0 Å². The van der Waals surface area contributed by atoms with Gasteiger partial charge < -0.3 is 5.73 Å². The summed E-state index contributed by atoms with van der Waals surface area (Å²) in [5.41, 5.74) is 8.29. The summed E-state index contributed by atoms with van der Waals surface area (Å²) in [5, 5.41) is 0. The number of nitrogens with zero attached hydrogens (tertiary/aromatic N) is 3. The van der Waals surface area contributed by atoms with Crippen LogP contribution in [0.25, 0.3) is 11.5 Å². The van der Waals surface area contributed by atoms with Gasteiger partial charge in [0.2, 0.25) is 0 Å². The Balaban J connectivity index is 2.27. The summed E-state index contributed by atoms with van der Waals surface area (Å²) in [4.78, 5) is 12.9. The van der Waals surface area contributed by atoms with Gasteiger partial charge in [0.25, 0.3) is 0 Å². The molecule has 0 aliphatic rings. The van der Waals surface area contributed by atoms with Gasteiger partial charge in [-0.05, 0) is 37.6 Å². The number of hydrogen-bond donors (Lipinski definition) is 1. The van der Waals surface area contributed by atoms with Gasteiger partial charge in [-0.1, -0.05) is 6.07 Å². The van der Waals surface area contributed by atoms with E-state index in [1.54, 1.807) is 12.4 Å². The molecule has 2 aromatic heterocycles. The topological polar surface area (TPSA) is 64.7 Å². The van der Waals surface area contributed by atoms with Crippen LogP contribution in [0.3, 0.4) is 0 Å². The van der Waals surface area contributed by atoms with Crippen molar-refractivity contribution < 1.29 is 0 Å². The second kappa shape index (κ2) is 4.81. The van der Waals surface area contributed by atoms with Crippen LogP contribution >= 0.6 is 0 Å². The van der Waals surface area contributed by atoms with E-state index in [1.165, 1.54) is 0 Å². The minimum atomic E-state index is 0.616. The van der Waals surface area contributed by atoms with Crippen LogP contribution in [0.15, 0.2) is 30.6 Å². The van der Waals surface area contributed by atoms with Gasteiger partial charge in [-0.3, -0.25) is 0 Å². The Kier molecular flexibility index (Phi) is 3.22. The Hall–Kier alpha value is -1.81. The van der Waals surface area contributed by atoms with E-state index in [1.807, 2.05) is 25.1 Å². The van der Waals surface area contributed by atoms with Gasteiger partial charge in [0.05, 0.1) is 0 Å². The fourth-order valence-corrected chi connectivity index (χ4v) is 1.45. The Labute approximate surface area is 94.6 Å². The van der Waals surface area contributed by atoms with Crippen molar-refractivity contribution >= 4 is 0 Å². The van der Waals surface area contributed by atoms with Crippen LogP contribution in [0.1, 0.15) is 11.3 Å². The maximum absolute atomic E-state index is 5.46. The normalized spacial score (nSPS) is 10.4. The second-order valence-electron chi connectivity index (χ2n) is 3.62. The summed E-state index contributed by atoms with van der Waals surface area (Å²) >= 11 is 0. The van der Waals surface area contributed by atoms with Crippen molar-refractivity contribution in [3.63, 3.8) is 0 Å². The van der Waals surface area contributed by atoms with Crippen molar-refractivity contribution in [2.75, 3.05) is 6.54 Å². The molecule has 2 rings (SSSR count). The Morgan fingerprint density at radius 3 is 2.56 bits per heavy atom. The predicted molar refractivity (Wildman–Crippen MR) is 62.8 cm³/mol. The number of nitrogens with two attached hydrogens (primary N) is 1. The lowest BCUT2D eigenvalue weighted by Gasteiger charge is -2.01. The number of hydrogen-bond acceptors (Lipinski definition) is 4. The standard InChI is InChI=1S/C12H14N4/c1-9-3-2-4-11(16-9)12-14-7-10(5-6-13)8-15-12/h2-4,7-8H,5-6,13H2,1H3. The summed E-state index contributed by atoms with van der Waals surface area (Å²) in [6, 6.07) is 5.81. The molecule has 0 aromatic carbocycles.